The summed E-state index contributed by atoms with van der Waals surface area (Å²) in [4.78, 5) is 78.8. The summed E-state index contributed by atoms with van der Waals surface area (Å²) in [6, 6.07) is -2.48. The summed E-state index contributed by atoms with van der Waals surface area (Å²) >= 11 is 0. The van der Waals surface area contributed by atoms with Crippen LogP contribution in [-0.4, -0.2) is 103 Å². The number of aliphatic carboxylic acids is 6. The molecule has 24 nitrogen and oxygen atoms in total. The van der Waals surface area contributed by atoms with Crippen LogP contribution in [0.1, 0.15) is 74.9 Å². The first-order valence-electron chi connectivity index (χ1n) is 18.0. The number of nitrogens with one attached hydrogen (secondary N) is 3. The monoisotopic (exact) mass is 944 g/mol. The number of unbranched alkanes of at least 4 members (excludes halogenated alkanes) is 3. The van der Waals surface area contributed by atoms with Crippen molar-refractivity contribution in [3.05, 3.63) is 72.9 Å². The van der Waals surface area contributed by atoms with Gasteiger partial charge in [-0.2, -0.15) is 0 Å². The average Bonchev–Trinajstić information content (AvgIpc) is 4.02. The van der Waals surface area contributed by atoms with Crippen LogP contribution in [0.4, 0.5) is 0 Å². The number of hydrogen-bond donors (Lipinski definition) is 9. The van der Waals surface area contributed by atoms with Crippen molar-refractivity contribution in [1.29, 1.82) is 0 Å². The van der Waals surface area contributed by atoms with E-state index in [1.807, 2.05) is 0 Å². The van der Waals surface area contributed by atoms with Crippen molar-refractivity contribution in [3.8, 4) is 0 Å². The van der Waals surface area contributed by atoms with E-state index in [0.717, 1.165) is 56.8 Å². The third-order valence-electron chi connectivity index (χ3n) is 6.57. The second kappa shape index (κ2) is 42.2. The predicted octanol–water partition coefficient (Wildman–Crippen LogP) is -7.91. The molecular weight excluding hydrogens is 888 g/mol. The van der Waals surface area contributed by atoms with Crippen LogP contribution in [0, 0.1) is 0 Å². The number of aromatic nitrogens is 6. The zero-order valence-electron chi connectivity index (χ0n) is 33.3. The number of H-pyrrole nitrogens is 3. The van der Waals surface area contributed by atoms with E-state index >= 15 is 0 Å². The van der Waals surface area contributed by atoms with Crippen molar-refractivity contribution in [3.63, 3.8) is 0 Å². The van der Waals surface area contributed by atoms with Gasteiger partial charge >= 0.3 is 0 Å². The van der Waals surface area contributed by atoms with Gasteiger partial charge in [-0.1, -0.05) is 19.3 Å². The van der Waals surface area contributed by atoms with Crippen LogP contribution in [0.3, 0.4) is 0 Å². The number of rotatable bonds is 21. The summed E-state index contributed by atoms with van der Waals surface area (Å²) in [5, 5.41) is 59.7. The number of nitrogens with two attached hydrogens (primary N) is 6. The van der Waals surface area contributed by atoms with E-state index < -0.39 is 53.9 Å². The maximum Gasteiger partial charge on any atom is 0.0924 e. The number of aromatic amines is 3. The number of nitrogens with zero attached hydrogens (tertiary/aromatic N) is 3. The van der Waals surface area contributed by atoms with Crippen molar-refractivity contribution >= 4 is 54.0 Å². The van der Waals surface area contributed by atoms with Crippen LogP contribution in [0.5, 0.6) is 0 Å². The van der Waals surface area contributed by atoms with E-state index in [1.54, 1.807) is 0 Å². The molecule has 0 amide bonds. The Balaban J connectivity index is -0.000000319. The second-order valence-electron chi connectivity index (χ2n) is 11.6. The molecular formula is C36H54MoN12O12-6. The molecule has 0 fully saturated rings. The van der Waals surface area contributed by atoms with Gasteiger partial charge in [0, 0.05) is 39.2 Å². The van der Waals surface area contributed by atoms with Gasteiger partial charge in [0.1, 0.15) is 0 Å². The van der Waals surface area contributed by atoms with Gasteiger partial charge in [-0.15, -0.1) is 0 Å². The summed E-state index contributed by atoms with van der Waals surface area (Å²) in [6.07, 6.45) is 22.0. The van der Waals surface area contributed by atoms with Gasteiger partial charge < -0.3 is 109 Å². The third-order valence-corrected chi connectivity index (χ3v) is 6.57. The topological polar surface area (TPSA) is 483 Å². The van der Waals surface area contributed by atoms with Gasteiger partial charge in [-0.25, -0.2) is 15.0 Å². The number of carboxylic acids is 6. The van der Waals surface area contributed by atoms with Gasteiger partial charge in [0.25, 0.3) is 0 Å². The first kappa shape index (κ1) is 61.8. The number of carbonyl (C=O) groups is 6. The van der Waals surface area contributed by atoms with Gasteiger partial charge in [-0.3, -0.25) is 0 Å². The molecule has 0 spiro atoms. The summed E-state index contributed by atoms with van der Waals surface area (Å²) in [5.74, 6) is -7.19. The molecule has 0 saturated carbocycles. The van der Waals surface area contributed by atoms with E-state index in [-0.39, 0.29) is 21.1 Å². The molecule has 3 atom stereocenters. The van der Waals surface area contributed by atoms with Gasteiger partial charge in [0.2, 0.25) is 0 Å². The maximum atomic E-state index is 10.0. The standard InChI is InChI=1S/3C6H6N2O2.3C6H14N2O2.Mo/c3*9-6(10)2-1-5-3-7-4-8-5;3*7-4-2-1-3-5(8)6(9)10;/h3*1-4H,(H,7,8)(H,9,10);3*5H,1-4,7-8H2,(H,9,10);/p-6/t;;;3*5-;/m...000./s1. The Morgan fingerprint density at radius 3 is 0.852 bits per heavy atom. The summed E-state index contributed by atoms with van der Waals surface area (Å²) in [6.45, 7) is 1.75. The van der Waals surface area contributed by atoms with Gasteiger partial charge in [0.05, 0.1) is 90.5 Å². The Kier molecular flexibility index (Phi) is 42.8. The number of carboxylic acid groups (broad SMARTS) is 6. The molecule has 3 aromatic heterocycles. The number of hydrogen-bond acceptors (Lipinski definition) is 21. The zero-order valence-corrected chi connectivity index (χ0v) is 35.3. The van der Waals surface area contributed by atoms with Crippen LogP contribution in [0.25, 0.3) is 18.2 Å². The van der Waals surface area contributed by atoms with E-state index in [1.165, 1.54) is 55.8 Å². The molecule has 3 heterocycles. The van der Waals surface area contributed by atoms with Gasteiger partial charge in [-0.05, 0) is 94.6 Å². The normalized spacial score (nSPS) is 11.5. The molecule has 15 N–H and O–H groups in total. The number of imidazole rings is 3. The van der Waals surface area contributed by atoms with Crippen molar-refractivity contribution in [2.75, 3.05) is 19.6 Å². The molecule has 0 aliphatic carbocycles. The molecule has 3 aromatic rings. The second-order valence-corrected chi connectivity index (χ2v) is 11.6. The summed E-state index contributed by atoms with van der Waals surface area (Å²) in [5.41, 5.74) is 33.0. The predicted molar refractivity (Wildman–Crippen MR) is 206 cm³/mol. The van der Waals surface area contributed by atoms with E-state index in [0.29, 0.717) is 56.0 Å². The Labute approximate surface area is 366 Å². The third kappa shape index (κ3) is 45.1. The molecule has 0 unspecified atom stereocenters. The summed E-state index contributed by atoms with van der Waals surface area (Å²) < 4.78 is 0. The van der Waals surface area contributed by atoms with Crippen molar-refractivity contribution in [1.82, 2.24) is 29.9 Å². The van der Waals surface area contributed by atoms with E-state index in [2.05, 4.69) is 29.9 Å². The molecule has 0 aliphatic rings. The molecule has 342 valence electrons. The average molecular weight is 943 g/mol. The molecule has 0 radical (unpaired) electrons. The van der Waals surface area contributed by atoms with Crippen molar-refractivity contribution in [2.24, 2.45) is 34.4 Å². The number of carbonyl (C=O) groups excluding carboxylic acids is 6. The first-order chi connectivity index (χ1) is 28.4. The summed E-state index contributed by atoms with van der Waals surface area (Å²) in [7, 11) is 0. The van der Waals surface area contributed by atoms with E-state index in [9.17, 15) is 59.4 Å². The molecule has 0 aliphatic heterocycles. The minimum absolute atomic E-state index is 0. The van der Waals surface area contributed by atoms with E-state index in [4.69, 9.17) is 34.4 Å². The Morgan fingerprint density at radius 2 is 0.705 bits per heavy atom. The van der Waals surface area contributed by atoms with Crippen LogP contribution in [-0.2, 0) is 49.8 Å². The molecule has 0 saturated heterocycles. The minimum Gasteiger partial charge on any atom is -0.548 e. The van der Waals surface area contributed by atoms with Crippen molar-refractivity contribution in [2.45, 2.75) is 75.9 Å². The SMILES string of the molecule is NCCCC[C@H](N)C(=O)[O-].NCCCC[C@H](N)C(=O)[O-].NCCCC[C@H](N)C(=O)[O-].O=C([O-])C=Cc1cnc[nH]1.O=C([O-])C=Cc1cnc[nH]1.O=C([O-])C=Cc1cnc[nH]1.[Mo]. The largest absolute Gasteiger partial charge is 0.548 e. The van der Waals surface area contributed by atoms with Crippen LogP contribution in [0.15, 0.2) is 55.8 Å². The smallest absolute Gasteiger partial charge is 0.0924 e. The van der Waals surface area contributed by atoms with Gasteiger partial charge in [0.15, 0.2) is 0 Å². The quantitative estimate of drug-likeness (QED) is 0.0272. The molecule has 3 rings (SSSR count). The van der Waals surface area contributed by atoms with Crippen LogP contribution < -0.4 is 65.0 Å². The fourth-order valence-corrected chi connectivity index (χ4v) is 3.43. The van der Waals surface area contributed by atoms with Crippen molar-refractivity contribution < 1.29 is 80.5 Å². The maximum absolute atomic E-state index is 10.0. The molecule has 0 aromatic carbocycles. The zero-order chi connectivity index (χ0) is 46.1. The fourth-order valence-electron chi connectivity index (χ4n) is 3.43. The molecule has 25 heteroatoms. The fraction of sp³-hybridized carbons (Fsp3) is 0.417. The van der Waals surface area contributed by atoms with Crippen LogP contribution >= 0.6 is 0 Å². The molecule has 0 bridgehead atoms. The Bertz CT molecular complexity index is 1450. The first-order valence-corrected chi connectivity index (χ1v) is 18.0. The minimum atomic E-state index is -1.21. The Hall–Kier alpha value is -5.88. The molecule has 61 heavy (non-hydrogen) atoms. The Morgan fingerprint density at radius 1 is 0.475 bits per heavy atom. The van der Waals surface area contributed by atoms with Crippen LogP contribution in [0.2, 0.25) is 0 Å².